The number of nitrogens with one attached hydrogen (secondary N) is 1. The lowest BCUT2D eigenvalue weighted by molar-refractivity contribution is 0.122. The van der Waals surface area contributed by atoms with Gasteiger partial charge in [0.1, 0.15) is 17.0 Å². The highest BCUT2D eigenvalue weighted by Crippen LogP contribution is 2.34. The van der Waals surface area contributed by atoms with Crippen molar-refractivity contribution in [3.8, 4) is 0 Å². The maximum absolute atomic E-state index is 14.8. The zero-order chi connectivity index (χ0) is 20.7. The number of allylic oxidation sites excluding steroid dienone is 1. The molecule has 5 rings (SSSR count). The number of hydrogen-bond donors (Lipinski definition) is 1. The van der Waals surface area contributed by atoms with Crippen LogP contribution in [0.15, 0.2) is 36.8 Å². The molecular formula is C22H22F3N5. The van der Waals surface area contributed by atoms with Crippen LogP contribution in [0, 0.1) is 0 Å². The average molecular weight is 413 g/mol. The van der Waals surface area contributed by atoms with Crippen molar-refractivity contribution < 1.29 is 13.2 Å². The Morgan fingerprint density at radius 2 is 1.93 bits per heavy atom. The fourth-order valence-corrected chi connectivity index (χ4v) is 4.38. The number of fused-ring (bicyclic) bond motifs is 2. The standard InChI is InChI=1S/C22H22F3N5/c23-20(24)18-11-26-19-7-4-14(12-30(18)19)15-5-6-17-16(15)10-27-21(29-17)28-13-22(25)8-2-1-3-9-22/h4-5,7,10-12,20H,1-3,6,8-9,13H2,(H,27,28,29). The third-order valence-electron chi connectivity index (χ3n) is 6.04. The molecule has 0 aromatic carbocycles. The van der Waals surface area contributed by atoms with Crippen LogP contribution in [0.3, 0.4) is 0 Å². The number of anilines is 1. The van der Waals surface area contributed by atoms with Crippen molar-refractivity contribution in [1.29, 1.82) is 0 Å². The van der Waals surface area contributed by atoms with Crippen LogP contribution in [0.4, 0.5) is 19.1 Å². The van der Waals surface area contributed by atoms with Crippen LogP contribution < -0.4 is 5.32 Å². The second kappa shape index (κ2) is 7.41. The molecule has 0 spiro atoms. The van der Waals surface area contributed by atoms with Crippen molar-refractivity contribution in [2.24, 2.45) is 0 Å². The van der Waals surface area contributed by atoms with Crippen LogP contribution in [0.2, 0.25) is 0 Å². The first-order valence-corrected chi connectivity index (χ1v) is 10.3. The van der Waals surface area contributed by atoms with Crippen molar-refractivity contribution in [1.82, 2.24) is 19.4 Å². The van der Waals surface area contributed by atoms with E-state index >= 15 is 0 Å². The normalized spacial score (nSPS) is 17.9. The summed E-state index contributed by atoms with van der Waals surface area (Å²) < 4.78 is 42.7. The number of pyridine rings is 1. The topological polar surface area (TPSA) is 55.1 Å². The minimum absolute atomic E-state index is 0.135. The minimum atomic E-state index is -2.60. The van der Waals surface area contributed by atoms with Crippen LogP contribution in [-0.2, 0) is 6.42 Å². The molecule has 1 fully saturated rings. The quantitative estimate of drug-likeness (QED) is 0.630. The maximum Gasteiger partial charge on any atom is 0.280 e. The molecule has 0 bridgehead atoms. The first kappa shape index (κ1) is 19.1. The Hall–Kier alpha value is -2.90. The van der Waals surface area contributed by atoms with E-state index in [-0.39, 0.29) is 12.2 Å². The van der Waals surface area contributed by atoms with Gasteiger partial charge in [-0.05, 0) is 36.1 Å². The van der Waals surface area contributed by atoms with E-state index in [0.29, 0.717) is 30.9 Å². The highest BCUT2D eigenvalue weighted by molar-refractivity contribution is 5.84. The van der Waals surface area contributed by atoms with E-state index in [2.05, 4.69) is 20.3 Å². The van der Waals surface area contributed by atoms with Crippen molar-refractivity contribution >= 4 is 17.2 Å². The van der Waals surface area contributed by atoms with Crippen LogP contribution in [0.5, 0.6) is 0 Å². The van der Waals surface area contributed by atoms with Crippen molar-refractivity contribution in [3.05, 3.63) is 59.3 Å². The maximum atomic E-state index is 14.8. The number of alkyl halides is 3. The molecule has 3 aromatic rings. The average Bonchev–Trinajstić information content (AvgIpc) is 3.36. The van der Waals surface area contributed by atoms with E-state index in [1.807, 2.05) is 12.1 Å². The molecular weight excluding hydrogens is 391 g/mol. The number of aromatic nitrogens is 4. The molecule has 2 aliphatic carbocycles. The number of imidazole rings is 1. The van der Waals surface area contributed by atoms with E-state index in [4.69, 9.17) is 0 Å². The van der Waals surface area contributed by atoms with Crippen LogP contribution in [-0.4, -0.2) is 31.6 Å². The van der Waals surface area contributed by atoms with Crippen molar-refractivity contribution in [3.63, 3.8) is 0 Å². The molecule has 0 aliphatic heterocycles. The molecule has 30 heavy (non-hydrogen) atoms. The van der Waals surface area contributed by atoms with Gasteiger partial charge in [-0.1, -0.05) is 25.3 Å². The fraction of sp³-hybridized carbons (Fsp3) is 0.409. The van der Waals surface area contributed by atoms with Gasteiger partial charge in [0.05, 0.1) is 18.4 Å². The Bertz CT molecular complexity index is 1120. The third kappa shape index (κ3) is 3.44. The number of hydrogen-bond acceptors (Lipinski definition) is 4. The first-order chi connectivity index (χ1) is 14.5. The molecule has 0 unspecified atom stereocenters. The highest BCUT2D eigenvalue weighted by atomic mass is 19.3. The SMILES string of the molecule is FC(F)c1cnc2ccc(C3=CCc4nc(NCC5(F)CCCCC5)ncc43)cn12. The van der Waals surface area contributed by atoms with Gasteiger partial charge in [-0.3, -0.25) is 4.40 Å². The molecule has 0 radical (unpaired) electrons. The van der Waals surface area contributed by atoms with Crippen molar-refractivity contribution in [2.45, 2.75) is 50.6 Å². The number of halogens is 3. The van der Waals surface area contributed by atoms with E-state index in [0.717, 1.165) is 41.7 Å². The highest BCUT2D eigenvalue weighted by Gasteiger charge is 2.31. The lowest BCUT2D eigenvalue weighted by Crippen LogP contribution is -2.34. The Morgan fingerprint density at radius 3 is 2.73 bits per heavy atom. The third-order valence-corrected chi connectivity index (χ3v) is 6.04. The van der Waals surface area contributed by atoms with E-state index in [1.165, 1.54) is 10.6 Å². The second-order valence-corrected chi connectivity index (χ2v) is 8.07. The molecule has 5 nitrogen and oxygen atoms in total. The molecule has 0 saturated heterocycles. The molecule has 1 N–H and O–H groups in total. The van der Waals surface area contributed by atoms with Crippen molar-refractivity contribution in [2.75, 3.05) is 11.9 Å². The van der Waals surface area contributed by atoms with E-state index in [9.17, 15) is 13.2 Å². The molecule has 0 amide bonds. The van der Waals surface area contributed by atoms with E-state index < -0.39 is 12.1 Å². The summed E-state index contributed by atoms with van der Waals surface area (Å²) in [5.74, 6) is 0.427. The van der Waals surface area contributed by atoms with Crippen LogP contribution >= 0.6 is 0 Å². The Balaban J connectivity index is 1.37. The zero-order valence-corrected chi connectivity index (χ0v) is 16.4. The van der Waals surface area contributed by atoms with Gasteiger partial charge in [-0.15, -0.1) is 0 Å². The Labute approximate surface area is 172 Å². The summed E-state index contributed by atoms with van der Waals surface area (Å²) in [4.78, 5) is 13.0. The summed E-state index contributed by atoms with van der Waals surface area (Å²) in [7, 11) is 0. The van der Waals surface area contributed by atoms with Gasteiger partial charge in [0.25, 0.3) is 6.43 Å². The second-order valence-electron chi connectivity index (χ2n) is 8.07. The molecule has 0 atom stereocenters. The molecule has 1 saturated carbocycles. The summed E-state index contributed by atoms with van der Waals surface area (Å²) in [5.41, 5.74) is 2.57. The molecule has 3 heterocycles. The van der Waals surface area contributed by atoms with Gasteiger partial charge < -0.3 is 5.32 Å². The summed E-state index contributed by atoms with van der Waals surface area (Å²) in [6.45, 7) is 0.222. The van der Waals surface area contributed by atoms with Gasteiger partial charge >= 0.3 is 0 Å². The summed E-state index contributed by atoms with van der Waals surface area (Å²) in [6, 6.07) is 3.59. The summed E-state index contributed by atoms with van der Waals surface area (Å²) >= 11 is 0. The zero-order valence-electron chi connectivity index (χ0n) is 16.4. The smallest absolute Gasteiger partial charge is 0.280 e. The van der Waals surface area contributed by atoms with Gasteiger partial charge in [-0.25, -0.2) is 28.1 Å². The van der Waals surface area contributed by atoms with Gasteiger partial charge in [0, 0.05) is 24.4 Å². The van der Waals surface area contributed by atoms with Gasteiger partial charge in [0.15, 0.2) is 0 Å². The lowest BCUT2D eigenvalue weighted by Gasteiger charge is -2.29. The minimum Gasteiger partial charge on any atom is -0.351 e. The van der Waals surface area contributed by atoms with E-state index in [1.54, 1.807) is 18.5 Å². The molecule has 8 heteroatoms. The molecule has 3 aromatic heterocycles. The summed E-state index contributed by atoms with van der Waals surface area (Å²) in [5, 5.41) is 3.06. The predicted molar refractivity (Wildman–Crippen MR) is 108 cm³/mol. The Morgan fingerprint density at radius 1 is 1.10 bits per heavy atom. The van der Waals surface area contributed by atoms with Gasteiger partial charge in [-0.2, -0.15) is 0 Å². The number of nitrogens with zero attached hydrogens (tertiary/aromatic N) is 4. The first-order valence-electron chi connectivity index (χ1n) is 10.3. The summed E-state index contributed by atoms with van der Waals surface area (Å²) in [6.07, 6.45) is 8.73. The largest absolute Gasteiger partial charge is 0.351 e. The van der Waals surface area contributed by atoms with Gasteiger partial charge in [0.2, 0.25) is 5.95 Å². The Kier molecular flexibility index (Phi) is 4.72. The molecule has 156 valence electrons. The lowest BCUT2D eigenvalue weighted by atomic mass is 9.86. The molecule has 2 aliphatic rings. The van der Waals surface area contributed by atoms with Crippen LogP contribution in [0.1, 0.15) is 61.0 Å². The number of rotatable bonds is 5. The fourth-order valence-electron chi connectivity index (χ4n) is 4.38. The van der Waals surface area contributed by atoms with Crippen LogP contribution in [0.25, 0.3) is 11.2 Å². The predicted octanol–water partition coefficient (Wildman–Crippen LogP) is 5.13. The monoisotopic (exact) mass is 413 g/mol.